The van der Waals surface area contributed by atoms with Crippen molar-refractivity contribution in [3.63, 3.8) is 0 Å². The fourth-order valence-electron chi connectivity index (χ4n) is 4.31. The van der Waals surface area contributed by atoms with Crippen LogP contribution in [0.2, 0.25) is 0 Å². The predicted octanol–water partition coefficient (Wildman–Crippen LogP) is 2.86. The highest BCUT2D eigenvalue weighted by atomic mass is 19.3. The van der Waals surface area contributed by atoms with Gasteiger partial charge in [0, 0.05) is 51.7 Å². The van der Waals surface area contributed by atoms with Crippen LogP contribution >= 0.6 is 0 Å². The van der Waals surface area contributed by atoms with Gasteiger partial charge in [-0.05, 0) is 38.5 Å². The molecule has 1 amide bonds. The van der Waals surface area contributed by atoms with E-state index in [0.717, 1.165) is 45.5 Å². The van der Waals surface area contributed by atoms with E-state index in [9.17, 15) is 13.6 Å². The third-order valence-electron chi connectivity index (χ3n) is 5.78. The number of likely N-dealkylation sites (tertiary alicyclic amines) is 1. The first-order valence-corrected chi connectivity index (χ1v) is 8.84. The normalized spacial score (nSPS) is 29.7. The van der Waals surface area contributed by atoms with Crippen LogP contribution in [0.4, 0.5) is 8.78 Å². The standard InChI is InChI=1S/C17H27F2NO3/c1-2-22-9-3-14-4-10-23-16(14)5-7-20(8-6-16)15(21)13-11-17(18,19)12-13/h13-14H,2-12H2,1H3/t14-/m0/s1. The first kappa shape index (κ1) is 17.1. The summed E-state index contributed by atoms with van der Waals surface area (Å²) in [5.74, 6) is -2.71. The number of halogens is 2. The van der Waals surface area contributed by atoms with E-state index in [1.165, 1.54) is 0 Å². The minimum Gasteiger partial charge on any atom is -0.382 e. The van der Waals surface area contributed by atoms with Crippen molar-refractivity contribution in [1.82, 2.24) is 4.90 Å². The average Bonchev–Trinajstić information content (AvgIpc) is 2.88. The predicted molar refractivity (Wildman–Crippen MR) is 81.4 cm³/mol. The SMILES string of the molecule is CCOCC[C@H]1CCOC12CCN(C(=O)C1CC(F)(F)C1)CC2. The Morgan fingerprint density at radius 3 is 2.61 bits per heavy atom. The van der Waals surface area contributed by atoms with Crippen LogP contribution in [-0.4, -0.2) is 55.2 Å². The Morgan fingerprint density at radius 2 is 2.00 bits per heavy atom. The molecular weight excluding hydrogens is 304 g/mol. The van der Waals surface area contributed by atoms with Crippen LogP contribution in [0.5, 0.6) is 0 Å². The second-order valence-corrected chi connectivity index (χ2v) is 7.17. The van der Waals surface area contributed by atoms with Crippen LogP contribution in [0.15, 0.2) is 0 Å². The van der Waals surface area contributed by atoms with Crippen LogP contribution in [-0.2, 0) is 14.3 Å². The fourth-order valence-corrected chi connectivity index (χ4v) is 4.31. The monoisotopic (exact) mass is 331 g/mol. The smallest absolute Gasteiger partial charge is 0.249 e. The second-order valence-electron chi connectivity index (χ2n) is 7.17. The van der Waals surface area contributed by atoms with Gasteiger partial charge < -0.3 is 14.4 Å². The lowest BCUT2D eigenvalue weighted by Crippen LogP contribution is -2.53. The Labute approximate surface area is 136 Å². The summed E-state index contributed by atoms with van der Waals surface area (Å²) < 4.78 is 37.4. The van der Waals surface area contributed by atoms with Gasteiger partial charge in [-0.3, -0.25) is 4.79 Å². The highest BCUT2D eigenvalue weighted by molar-refractivity contribution is 5.80. The van der Waals surface area contributed by atoms with Crippen molar-refractivity contribution < 1.29 is 23.0 Å². The maximum absolute atomic E-state index is 13.0. The molecule has 0 unspecified atom stereocenters. The molecule has 23 heavy (non-hydrogen) atoms. The zero-order valence-electron chi connectivity index (χ0n) is 13.9. The van der Waals surface area contributed by atoms with Crippen molar-refractivity contribution in [1.29, 1.82) is 0 Å². The van der Waals surface area contributed by atoms with Crippen LogP contribution in [0.1, 0.15) is 45.4 Å². The zero-order chi connectivity index (χ0) is 16.5. The molecule has 4 nitrogen and oxygen atoms in total. The molecule has 3 aliphatic rings. The molecule has 2 aliphatic heterocycles. The lowest BCUT2D eigenvalue weighted by Gasteiger charge is -2.44. The Kier molecular flexibility index (Phi) is 4.93. The molecule has 1 atom stereocenters. The molecule has 0 bridgehead atoms. The summed E-state index contributed by atoms with van der Waals surface area (Å²) >= 11 is 0. The molecule has 0 radical (unpaired) electrons. The highest BCUT2D eigenvalue weighted by Gasteiger charge is 2.51. The summed E-state index contributed by atoms with van der Waals surface area (Å²) in [5.41, 5.74) is -0.128. The van der Waals surface area contributed by atoms with E-state index >= 15 is 0 Å². The van der Waals surface area contributed by atoms with Crippen LogP contribution in [0, 0.1) is 11.8 Å². The molecule has 2 heterocycles. The molecule has 0 N–H and O–H groups in total. The second kappa shape index (κ2) is 6.63. The number of alkyl halides is 2. The summed E-state index contributed by atoms with van der Waals surface area (Å²) in [7, 11) is 0. The summed E-state index contributed by atoms with van der Waals surface area (Å²) in [4.78, 5) is 14.1. The van der Waals surface area contributed by atoms with E-state index in [-0.39, 0.29) is 24.3 Å². The molecule has 1 saturated carbocycles. The molecule has 3 fully saturated rings. The molecule has 132 valence electrons. The maximum atomic E-state index is 13.0. The van der Waals surface area contributed by atoms with Crippen molar-refractivity contribution >= 4 is 5.91 Å². The van der Waals surface area contributed by atoms with Gasteiger partial charge in [0.15, 0.2) is 0 Å². The number of hydrogen-bond donors (Lipinski definition) is 0. The molecule has 0 aromatic carbocycles. The summed E-state index contributed by atoms with van der Waals surface area (Å²) in [6, 6.07) is 0. The number of nitrogens with zero attached hydrogens (tertiary/aromatic N) is 1. The van der Waals surface area contributed by atoms with Gasteiger partial charge in [0.05, 0.1) is 5.60 Å². The molecular formula is C17H27F2NO3. The largest absolute Gasteiger partial charge is 0.382 e. The quantitative estimate of drug-likeness (QED) is 0.727. The maximum Gasteiger partial charge on any atom is 0.249 e. The van der Waals surface area contributed by atoms with Gasteiger partial charge >= 0.3 is 0 Å². The van der Waals surface area contributed by atoms with Crippen LogP contribution < -0.4 is 0 Å². The fraction of sp³-hybridized carbons (Fsp3) is 0.941. The molecule has 1 aliphatic carbocycles. The Bertz CT molecular complexity index is 428. The summed E-state index contributed by atoms with van der Waals surface area (Å²) in [6.07, 6.45) is 3.13. The van der Waals surface area contributed by atoms with E-state index in [0.29, 0.717) is 19.0 Å². The number of carbonyl (C=O) groups is 1. The Hall–Kier alpha value is -0.750. The minimum atomic E-state index is -2.63. The minimum absolute atomic E-state index is 0.0883. The topological polar surface area (TPSA) is 38.8 Å². The first-order chi connectivity index (χ1) is 11.0. The summed E-state index contributed by atoms with van der Waals surface area (Å²) in [5, 5.41) is 0. The van der Waals surface area contributed by atoms with Gasteiger partial charge in [0.25, 0.3) is 0 Å². The average molecular weight is 331 g/mol. The number of hydrogen-bond acceptors (Lipinski definition) is 3. The van der Waals surface area contributed by atoms with E-state index in [2.05, 4.69) is 0 Å². The summed E-state index contributed by atoms with van der Waals surface area (Å²) in [6.45, 7) is 5.52. The lowest BCUT2D eigenvalue weighted by atomic mass is 9.76. The van der Waals surface area contributed by atoms with Crippen molar-refractivity contribution in [2.75, 3.05) is 32.9 Å². The number of ether oxygens (including phenoxy) is 2. The Balaban J connectivity index is 1.50. The van der Waals surface area contributed by atoms with E-state index in [1.807, 2.05) is 6.92 Å². The Morgan fingerprint density at radius 1 is 1.30 bits per heavy atom. The zero-order valence-corrected chi connectivity index (χ0v) is 13.9. The van der Waals surface area contributed by atoms with E-state index < -0.39 is 11.8 Å². The molecule has 3 rings (SSSR count). The number of rotatable bonds is 5. The van der Waals surface area contributed by atoms with Crippen molar-refractivity contribution in [2.24, 2.45) is 11.8 Å². The van der Waals surface area contributed by atoms with E-state index in [4.69, 9.17) is 9.47 Å². The van der Waals surface area contributed by atoms with Gasteiger partial charge in [-0.15, -0.1) is 0 Å². The van der Waals surface area contributed by atoms with Crippen molar-refractivity contribution in [3.8, 4) is 0 Å². The van der Waals surface area contributed by atoms with Gasteiger partial charge in [0.1, 0.15) is 0 Å². The van der Waals surface area contributed by atoms with Crippen LogP contribution in [0.3, 0.4) is 0 Å². The van der Waals surface area contributed by atoms with E-state index in [1.54, 1.807) is 4.90 Å². The van der Waals surface area contributed by atoms with Crippen molar-refractivity contribution in [2.45, 2.75) is 57.0 Å². The number of amides is 1. The molecule has 6 heteroatoms. The van der Waals surface area contributed by atoms with Gasteiger partial charge in [-0.2, -0.15) is 0 Å². The molecule has 0 aromatic rings. The van der Waals surface area contributed by atoms with Gasteiger partial charge in [0.2, 0.25) is 11.8 Å². The van der Waals surface area contributed by atoms with Crippen LogP contribution in [0.25, 0.3) is 0 Å². The number of piperidine rings is 1. The molecule has 2 saturated heterocycles. The van der Waals surface area contributed by atoms with Gasteiger partial charge in [-0.25, -0.2) is 8.78 Å². The highest BCUT2D eigenvalue weighted by Crippen LogP contribution is 2.45. The van der Waals surface area contributed by atoms with Gasteiger partial charge in [-0.1, -0.05) is 0 Å². The first-order valence-electron chi connectivity index (χ1n) is 8.84. The lowest BCUT2D eigenvalue weighted by molar-refractivity contribution is -0.164. The molecule has 0 aromatic heterocycles. The number of carbonyl (C=O) groups excluding carboxylic acids is 1. The third kappa shape index (κ3) is 3.53. The third-order valence-corrected chi connectivity index (χ3v) is 5.78. The molecule has 1 spiro atoms. The van der Waals surface area contributed by atoms with Crippen molar-refractivity contribution in [3.05, 3.63) is 0 Å².